The van der Waals surface area contributed by atoms with Crippen LogP contribution >= 0.6 is 12.2 Å². The van der Waals surface area contributed by atoms with Crippen molar-refractivity contribution in [3.8, 4) is 11.5 Å². The van der Waals surface area contributed by atoms with Crippen LogP contribution in [-0.2, 0) is 9.53 Å². The lowest BCUT2D eigenvalue weighted by Gasteiger charge is -2.30. The molecule has 1 aliphatic heterocycles. The molecule has 0 amide bonds. The lowest BCUT2D eigenvalue weighted by Crippen LogP contribution is -2.45. The summed E-state index contributed by atoms with van der Waals surface area (Å²) >= 11 is 5.26. The summed E-state index contributed by atoms with van der Waals surface area (Å²) in [5, 5.41) is 6.59. The first-order valence-electron chi connectivity index (χ1n) is 8.77. The number of methoxy groups -OCH3 is 1. The van der Waals surface area contributed by atoms with Crippen molar-refractivity contribution in [3.63, 3.8) is 0 Å². The monoisotopic (exact) mass is 378 g/mol. The largest absolute Gasteiger partial charge is 0.493 e. The maximum atomic E-state index is 12.4. The van der Waals surface area contributed by atoms with E-state index in [9.17, 15) is 4.79 Å². The van der Waals surface area contributed by atoms with E-state index in [4.69, 9.17) is 26.4 Å². The Hall–Kier alpha value is -2.28. The van der Waals surface area contributed by atoms with Gasteiger partial charge in [-0.3, -0.25) is 0 Å². The molecule has 0 fully saturated rings. The zero-order chi connectivity index (χ0) is 19.1. The number of ether oxygens (including phenoxy) is 3. The van der Waals surface area contributed by atoms with Gasteiger partial charge < -0.3 is 24.8 Å². The Morgan fingerprint density at radius 2 is 2.04 bits per heavy atom. The molecule has 0 saturated carbocycles. The van der Waals surface area contributed by atoms with Crippen LogP contribution in [-0.4, -0.2) is 31.4 Å². The van der Waals surface area contributed by atoms with Gasteiger partial charge in [0.15, 0.2) is 16.6 Å². The SMILES string of the molecule is CCCCOc1ccc([C@@H]2NC(=S)NC(C)=C2C(=O)OCC)cc1OC. The van der Waals surface area contributed by atoms with Crippen molar-refractivity contribution in [2.45, 2.75) is 39.7 Å². The molecular weight excluding hydrogens is 352 g/mol. The number of carbonyl (C=O) groups excluding carboxylic acids is 1. The number of hydrogen-bond acceptors (Lipinski definition) is 5. The van der Waals surface area contributed by atoms with E-state index in [1.165, 1.54) is 0 Å². The van der Waals surface area contributed by atoms with Crippen LogP contribution in [0.2, 0.25) is 0 Å². The average Bonchev–Trinajstić information content (AvgIpc) is 2.61. The molecule has 0 saturated heterocycles. The molecule has 0 radical (unpaired) electrons. The standard InChI is InChI=1S/C19H26N2O4S/c1-5-7-10-25-14-9-8-13(11-15(14)23-4)17-16(18(22)24-6-2)12(3)20-19(26)21-17/h8-9,11,17H,5-7,10H2,1-4H3,(H2,20,21,26)/t17-/m0/s1. The summed E-state index contributed by atoms with van der Waals surface area (Å²) in [4.78, 5) is 12.4. The Kier molecular flexibility index (Phi) is 7.26. The quantitative estimate of drug-likeness (QED) is 0.409. The first-order chi connectivity index (χ1) is 12.5. The lowest BCUT2D eigenvalue weighted by molar-refractivity contribution is -0.139. The number of benzene rings is 1. The number of carbonyl (C=O) groups is 1. The Balaban J connectivity index is 2.36. The summed E-state index contributed by atoms with van der Waals surface area (Å²) in [5.41, 5.74) is 2.03. The highest BCUT2D eigenvalue weighted by Gasteiger charge is 2.31. The second-order valence-electron chi connectivity index (χ2n) is 5.90. The Morgan fingerprint density at radius 1 is 1.27 bits per heavy atom. The molecule has 1 aliphatic rings. The summed E-state index contributed by atoms with van der Waals surface area (Å²) in [7, 11) is 1.60. The topological polar surface area (TPSA) is 68.8 Å². The zero-order valence-corrected chi connectivity index (χ0v) is 16.5. The van der Waals surface area contributed by atoms with Crippen LogP contribution in [0.1, 0.15) is 45.2 Å². The number of thiocarbonyl (C=S) groups is 1. The molecule has 2 rings (SSSR count). The number of allylic oxidation sites excluding steroid dienone is 1. The van der Waals surface area contributed by atoms with Crippen LogP contribution in [0, 0.1) is 0 Å². The fraction of sp³-hybridized carbons (Fsp3) is 0.474. The summed E-state index contributed by atoms with van der Waals surface area (Å²) in [5.74, 6) is 0.921. The van der Waals surface area contributed by atoms with Crippen LogP contribution in [0.3, 0.4) is 0 Å². The van der Waals surface area contributed by atoms with Crippen molar-refractivity contribution >= 4 is 23.3 Å². The van der Waals surface area contributed by atoms with Crippen LogP contribution in [0.4, 0.5) is 0 Å². The highest BCUT2D eigenvalue weighted by atomic mass is 32.1. The predicted octanol–water partition coefficient (Wildman–Crippen LogP) is 3.23. The van der Waals surface area contributed by atoms with Gasteiger partial charge >= 0.3 is 5.97 Å². The zero-order valence-electron chi connectivity index (χ0n) is 15.7. The van der Waals surface area contributed by atoms with Crippen molar-refractivity contribution in [1.82, 2.24) is 10.6 Å². The summed E-state index contributed by atoms with van der Waals surface area (Å²) < 4.78 is 16.5. The van der Waals surface area contributed by atoms with Gasteiger partial charge in [-0.05, 0) is 50.2 Å². The second-order valence-corrected chi connectivity index (χ2v) is 6.31. The molecule has 6 nitrogen and oxygen atoms in total. The van der Waals surface area contributed by atoms with Crippen molar-refractivity contribution in [2.24, 2.45) is 0 Å². The average molecular weight is 378 g/mol. The van der Waals surface area contributed by atoms with E-state index < -0.39 is 6.04 Å². The van der Waals surface area contributed by atoms with Crippen molar-refractivity contribution in [2.75, 3.05) is 20.3 Å². The van der Waals surface area contributed by atoms with Gasteiger partial charge in [-0.25, -0.2) is 4.79 Å². The van der Waals surface area contributed by atoms with Crippen LogP contribution in [0.15, 0.2) is 29.5 Å². The lowest BCUT2D eigenvalue weighted by atomic mass is 9.95. The molecule has 1 atom stereocenters. The first kappa shape index (κ1) is 20.0. The summed E-state index contributed by atoms with van der Waals surface area (Å²) in [6.07, 6.45) is 2.04. The molecular formula is C19H26N2O4S. The first-order valence-corrected chi connectivity index (χ1v) is 9.18. The molecule has 0 spiro atoms. The molecule has 1 heterocycles. The van der Waals surface area contributed by atoms with E-state index in [0.717, 1.165) is 18.4 Å². The maximum Gasteiger partial charge on any atom is 0.338 e. The molecule has 2 N–H and O–H groups in total. The number of rotatable bonds is 8. The normalized spacial score (nSPS) is 16.6. The van der Waals surface area contributed by atoms with Crippen LogP contribution in [0.5, 0.6) is 11.5 Å². The third-order valence-corrected chi connectivity index (χ3v) is 4.26. The third kappa shape index (κ3) is 4.66. The van der Waals surface area contributed by atoms with Crippen molar-refractivity contribution < 1.29 is 19.0 Å². The Morgan fingerprint density at radius 3 is 2.69 bits per heavy atom. The second kappa shape index (κ2) is 9.43. The minimum absolute atomic E-state index is 0.306. The summed E-state index contributed by atoms with van der Waals surface area (Å²) in [6.45, 7) is 6.64. The van der Waals surface area contributed by atoms with Gasteiger partial charge in [0.1, 0.15) is 0 Å². The van der Waals surface area contributed by atoms with Gasteiger partial charge in [-0.2, -0.15) is 0 Å². The van der Waals surface area contributed by atoms with Gasteiger partial charge in [0, 0.05) is 5.70 Å². The molecule has 1 aromatic rings. The minimum atomic E-state index is -0.415. The smallest absolute Gasteiger partial charge is 0.338 e. The molecule has 142 valence electrons. The fourth-order valence-corrected chi connectivity index (χ4v) is 3.00. The van der Waals surface area contributed by atoms with Gasteiger partial charge in [0.2, 0.25) is 0 Å². The van der Waals surface area contributed by atoms with E-state index >= 15 is 0 Å². The molecule has 0 bridgehead atoms. The highest BCUT2D eigenvalue weighted by Crippen LogP contribution is 2.34. The highest BCUT2D eigenvalue weighted by molar-refractivity contribution is 7.80. The molecule has 1 aromatic carbocycles. The maximum absolute atomic E-state index is 12.4. The molecule has 26 heavy (non-hydrogen) atoms. The minimum Gasteiger partial charge on any atom is -0.493 e. The van der Waals surface area contributed by atoms with Gasteiger partial charge in [0.05, 0.1) is 31.9 Å². The van der Waals surface area contributed by atoms with Crippen molar-refractivity contribution in [3.05, 3.63) is 35.0 Å². The Bertz CT molecular complexity index is 703. The van der Waals surface area contributed by atoms with E-state index in [0.29, 0.717) is 41.1 Å². The van der Waals surface area contributed by atoms with Gasteiger partial charge in [0.25, 0.3) is 0 Å². The van der Waals surface area contributed by atoms with Gasteiger partial charge in [-0.15, -0.1) is 0 Å². The summed E-state index contributed by atoms with van der Waals surface area (Å²) in [6, 6.07) is 5.21. The third-order valence-electron chi connectivity index (χ3n) is 4.04. The van der Waals surface area contributed by atoms with Crippen molar-refractivity contribution in [1.29, 1.82) is 0 Å². The predicted molar refractivity (Wildman–Crippen MR) is 104 cm³/mol. The van der Waals surface area contributed by atoms with E-state index in [2.05, 4.69) is 17.6 Å². The van der Waals surface area contributed by atoms with Gasteiger partial charge in [-0.1, -0.05) is 19.4 Å². The Labute approximate surface area is 159 Å². The van der Waals surface area contributed by atoms with Crippen LogP contribution in [0.25, 0.3) is 0 Å². The fourth-order valence-electron chi connectivity index (χ4n) is 2.73. The number of unbranched alkanes of at least 4 members (excludes halogenated alkanes) is 1. The van der Waals surface area contributed by atoms with E-state index in [-0.39, 0.29) is 5.97 Å². The number of esters is 1. The molecule has 0 aliphatic carbocycles. The van der Waals surface area contributed by atoms with E-state index in [1.54, 1.807) is 14.0 Å². The number of hydrogen-bond donors (Lipinski definition) is 2. The molecule has 0 unspecified atom stereocenters. The molecule has 0 aromatic heterocycles. The molecule has 7 heteroatoms. The van der Waals surface area contributed by atoms with Crippen LogP contribution < -0.4 is 20.1 Å². The van der Waals surface area contributed by atoms with E-state index in [1.807, 2.05) is 25.1 Å². The number of nitrogens with one attached hydrogen (secondary N) is 2.